The minimum Gasteiger partial charge on any atom is -0.347 e. The molecule has 0 spiro atoms. The number of para-hydroxylation sites is 1. The Bertz CT molecular complexity index is 864. The van der Waals surface area contributed by atoms with Crippen LogP contribution in [0.25, 0.3) is 0 Å². The van der Waals surface area contributed by atoms with Gasteiger partial charge in [0, 0.05) is 25.3 Å². The predicted molar refractivity (Wildman–Crippen MR) is 98.9 cm³/mol. The Morgan fingerprint density at radius 1 is 1.04 bits per heavy atom. The maximum absolute atomic E-state index is 12.4. The number of carbonyl (C=O) groups excluding carboxylic acids is 1. The molecule has 5 nitrogen and oxygen atoms in total. The molecule has 1 amide bonds. The van der Waals surface area contributed by atoms with Crippen molar-refractivity contribution >= 4 is 17.4 Å². The van der Waals surface area contributed by atoms with E-state index in [2.05, 4.69) is 15.3 Å². The van der Waals surface area contributed by atoms with E-state index in [0.717, 1.165) is 16.8 Å². The molecule has 0 fully saturated rings. The highest BCUT2D eigenvalue weighted by Gasteiger charge is 2.12. The highest BCUT2D eigenvalue weighted by atomic mass is 16.1. The van der Waals surface area contributed by atoms with Crippen LogP contribution in [0.4, 0.5) is 11.5 Å². The van der Waals surface area contributed by atoms with Gasteiger partial charge in [-0.15, -0.1) is 0 Å². The molecule has 0 radical (unpaired) electrons. The highest BCUT2D eigenvalue weighted by Crippen LogP contribution is 2.20. The van der Waals surface area contributed by atoms with Gasteiger partial charge in [-0.25, -0.2) is 9.97 Å². The average Bonchev–Trinajstić information content (AvgIpc) is 2.67. The van der Waals surface area contributed by atoms with Crippen LogP contribution in [0.2, 0.25) is 0 Å². The minimum atomic E-state index is -0.214. The third kappa shape index (κ3) is 4.01. The number of benzene rings is 2. The summed E-state index contributed by atoms with van der Waals surface area (Å²) < 4.78 is 0. The molecular formula is C20H20N4O. The molecule has 0 aliphatic rings. The molecule has 3 rings (SSSR count). The molecule has 1 aromatic heterocycles. The summed E-state index contributed by atoms with van der Waals surface area (Å²) in [7, 11) is 1.91. The Hall–Kier alpha value is -3.21. The molecule has 0 unspecified atom stereocenters. The average molecular weight is 332 g/mol. The second-order valence-electron chi connectivity index (χ2n) is 5.77. The van der Waals surface area contributed by atoms with E-state index in [4.69, 9.17) is 0 Å². The van der Waals surface area contributed by atoms with Crippen LogP contribution in [0.3, 0.4) is 0 Å². The summed E-state index contributed by atoms with van der Waals surface area (Å²) in [5.74, 6) is 0.454. The van der Waals surface area contributed by atoms with Crippen molar-refractivity contribution in [2.45, 2.75) is 13.5 Å². The van der Waals surface area contributed by atoms with Crippen LogP contribution in [0.15, 0.2) is 67.0 Å². The van der Waals surface area contributed by atoms with E-state index >= 15 is 0 Å². The normalized spacial score (nSPS) is 10.3. The second kappa shape index (κ2) is 7.57. The first-order valence-electron chi connectivity index (χ1n) is 8.08. The topological polar surface area (TPSA) is 58.1 Å². The minimum absolute atomic E-state index is 0.214. The van der Waals surface area contributed by atoms with Gasteiger partial charge >= 0.3 is 0 Å². The standard InChI is InChI=1S/C20H20N4O/c1-15-8-6-7-9-16(15)13-21-20(25)18-12-19(23-14-22-18)24(2)17-10-4-3-5-11-17/h3-12,14H,13H2,1-2H3,(H,21,25). The van der Waals surface area contributed by atoms with Crippen molar-refractivity contribution < 1.29 is 4.79 Å². The fourth-order valence-electron chi connectivity index (χ4n) is 2.51. The van der Waals surface area contributed by atoms with Crippen LogP contribution in [0.5, 0.6) is 0 Å². The molecule has 5 heteroatoms. The Morgan fingerprint density at radius 3 is 2.52 bits per heavy atom. The first-order valence-corrected chi connectivity index (χ1v) is 8.08. The van der Waals surface area contributed by atoms with E-state index < -0.39 is 0 Å². The first kappa shape index (κ1) is 16.6. The zero-order valence-corrected chi connectivity index (χ0v) is 14.3. The molecular weight excluding hydrogens is 312 g/mol. The Labute approximate surface area is 147 Å². The van der Waals surface area contributed by atoms with Crippen molar-refractivity contribution in [1.82, 2.24) is 15.3 Å². The number of anilines is 2. The fourth-order valence-corrected chi connectivity index (χ4v) is 2.51. The Morgan fingerprint density at radius 2 is 1.76 bits per heavy atom. The summed E-state index contributed by atoms with van der Waals surface area (Å²) in [5.41, 5.74) is 3.58. The monoisotopic (exact) mass is 332 g/mol. The number of nitrogens with one attached hydrogen (secondary N) is 1. The number of amides is 1. The molecule has 0 aliphatic carbocycles. The lowest BCUT2D eigenvalue weighted by Crippen LogP contribution is -2.24. The summed E-state index contributed by atoms with van der Waals surface area (Å²) in [4.78, 5) is 22.7. The number of aromatic nitrogens is 2. The van der Waals surface area contributed by atoms with Gasteiger partial charge in [-0.1, -0.05) is 42.5 Å². The van der Waals surface area contributed by atoms with Gasteiger partial charge in [-0.2, -0.15) is 0 Å². The van der Waals surface area contributed by atoms with E-state index in [1.807, 2.05) is 73.5 Å². The fraction of sp³-hybridized carbons (Fsp3) is 0.150. The second-order valence-corrected chi connectivity index (χ2v) is 5.77. The molecule has 25 heavy (non-hydrogen) atoms. The van der Waals surface area contributed by atoms with Crippen molar-refractivity contribution in [2.75, 3.05) is 11.9 Å². The molecule has 0 bridgehead atoms. The van der Waals surface area contributed by atoms with Crippen molar-refractivity contribution in [2.24, 2.45) is 0 Å². The van der Waals surface area contributed by atoms with E-state index in [9.17, 15) is 4.79 Å². The molecule has 1 N–H and O–H groups in total. The summed E-state index contributed by atoms with van der Waals surface area (Å²) in [6.45, 7) is 2.50. The van der Waals surface area contributed by atoms with Gasteiger partial charge in [-0.05, 0) is 30.2 Å². The summed E-state index contributed by atoms with van der Waals surface area (Å²) in [6.07, 6.45) is 1.41. The zero-order chi connectivity index (χ0) is 17.6. The smallest absolute Gasteiger partial charge is 0.270 e. The quantitative estimate of drug-likeness (QED) is 0.777. The van der Waals surface area contributed by atoms with Crippen LogP contribution in [0, 0.1) is 6.92 Å². The van der Waals surface area contributed by atoms with Crippen molar-refractivity contribution in [1.29, 1.82) is 0 Å². The van der Waals surface area contributed by atoms with Crippen LogP contribution < -0.4 is 10.2 Å². The van der Waals surface area contributed by atoms with Crippen LogP contribution in [-0.4, -0.2) is 22.9 Å². The maximum atomic E-state index is 12.4. The number of hydrogen-bond acceptors (Lipinski definition) is 4. The molecule has 0 saturated carbocycles. The van der Waals surface area contributed by atoms with Crippen LogP contribution in [0.1, 0.15) is 21.6 Å². The Balaban J connectivity index is 1.72. The zero-order valence-electron chi connectivity index (χ0n) is 14.3. The summed E-state index contributed by atoms with van der Waals surface area (Å²) in [5, 5.41) is 2.91. The largest absolute Gasteiger partial charge is 0.347 e. The Kier molecular flexibility index (Phi) is 5.04. The van der Waals surface area contributed by atoms with Crippen molar-refractivity contribution in [3.63, 3.8) is 0 Å². The lowest BCUT2D eigenvalue weighted by atomic mass is 10.1. The number of aryl methyl sites for hydroxylation is 1. The van der Waals surface area contributed by atoms with E-state index in [0.29, 0.717) is 18.1 Å². The SMILES string of the molecule is Cc1ccccc1CNC(=O)c1cc(N(C)c2ccccc2)ncn1. The van der Waals surface area contributed by atoms with Crippen LogP contribution >= 0.6 is 0 Å². The van der Waals surface area contributed by atoms with Crippen molar-refractivity contribution in [3.8, 4) is 0 Å². The van der Waals surface area contributed by atoms with Gasteiger partial charge in [0.2, 0.25) is 0 Å². The number of hydrogen-bond donors (Lipinski definition) is 1. The molecule has 2 aromatic carbocycles. The van der Waals surface area contributed by atoms with E-state index in [1.54, 1.807) is 6.07 Å². The van der Waals surface area contributed by atoms with Crippen molar-refractivity contribution in [3.05, 3.63) is 83.8 Å². The van der Waals surface area contributed by atoms with Gasteiger partial charge in [0.25, 0.3) is 5.91 Å². The highest BCUT2D eigenvalue weighted by molar-refractivity contribution is 5.93. The molecule has 1 heterocycles. The van der Waals surface area contributed by atoms with Crippen LogP contribution in [-0.2, 0) is 6.54 Å². The van der Waals surface area contributed by atoms with Gasteiger partial charge < -0.3 is 10.2 Å². The number of nitrogens with zero attached hydrogens (tertiary/aromatic N) is 3. The lowest BCUT2D eigenvalue weighted by molar-refractivity contribution is 0.0945. The van der Waals surface area contributed by atoms with Gasteiger partial charge in [0.1, 0.15) is 17.8 Å². The third-order valence-corrected chi connectivity index (χ3v) is 4.07. The molecule has 0 saturated heterocycles. The molecule has 3 aromatic rings. The van der Waals surface area contributed by atoms with Gasteiger partial charge in [-0.3, -0.25) is 4.79 Å². The third-order valence-electron chi connectivity index (χ3n) is 4.07. The van der Waals surface area contributed by atoms with Gasteiger partial charge in [0.05, 0.1) is 0 Å². The number of carbonyl (C=O) groups is 1. The maximum Gasteiger partial charge on any atom is 0.270 e. The summed E-state index contributed by atoms with van der Waals surface area (Å²) in [6, 6.07) is 19.5. The first-order chi connectivity index (χ1) is 12.1. The van der Waals surface area contributed by atoms with Gasteiger partial charge in [0.15, 0.2) is 0 Å². The lowest BCUT2D eigenvalue weighted by Gasteiger charge is -2.18. The van der Waals surface area contributed by atoms with E-state index in [-0.39, 0.29) is 5.91 Å². The predicted octanol–water partition coefficient (Wildman–Crippen LogP) is 3.48. The summed E-state index contributed by atoms with van der Waals surface area (Å²) >= 11 is 0. The molecule has 0 atom stereocenters. The molecule has 126 valence electrons. The molecule has 0 aliphatic heterocycles. The number of rotatable bonds is 5. The van der Waals surface area contributed by atoms with E-state index in [1.165, 1.54) is 6.33 Å².